The van der Waals surface area contributed by atoms with E-state index >= 15 is 0 Å². The van der Waals surface area contributed by atoms with Crippen molar-refractivity contribution < 1.29 is 18.7 Å². The Hall–Kier alpha value is -3.31. The summed E-state index contributed by atoms with van der Waals surface area (Å²) in [5.41, 5.74) is 3.44. The second-order valence-corrected chi connectivity index (χ2v) is 7.84. The van der Waals surface area contributed by atoms with Crippen molar-refractivity contribution >= 4 is 27.7 Å². The number of morpholine rings is 1. The number of ether oxygens (including phenoxy) is 2. The number of carbonyl (C=O) groups excluding carboxylic acids is 1. The van der Waals surface area contributed by atoms with Gasteiger partial charge in [0.15, 0.2) is 11.7 Å². The van der Waals surface area contributed by atoms with Gasteiger partial charge in [0.05, 0.1) is 13.2 Å². The lowest BCUT2D eigenvalue weighted by atomic mass is 9.82. The van der Waals surface area contributed by atoms with Crippen LogP contribution in [0.15, 0.2) is 82.6 Å². The number of hydrogen-bond acceptors (Lipinski definition) is 5. The molecule has 30 heavy (non-hydrogen) atoms. The van der Waals surface area contributed by atoms with Crippen LogP contribution in [-0.4, -0.2) is 43.1 Å². The number of rotatable bonds is 2. The summed E-state index contributed by atoms with van der Waals surface area (Å²) in [4.78, 5) is 15.0. The van der Waals surface area contributed by atoms with Crippen LogP contribution in [0.3, 0.4) is 0 Å². The molecule has 150 valence electrons. The minimum Gasteiger partial charge on any atom is -0.470 e. The van der Waals surface area contributed by atoms with Crippen LogP contribution in [0.4, 0.5) is 0 Å². The normalized spacial score (nSPS) is 23.9. The molecule has 0 N–H and O–H groups in total. The third-order valence-corrected chi connectivity index (χ3v) is 6.13. The van der Waals surface area contributed by atoms with E-state index in [1.165, 1.54) is 0 Å². The molecule has 3 aliphatic rings. The molecule has 1 saturated heterocycles. The highest BCUT2D eigenvalue weighted by molar-refractivity contribution is 6.07. The van der Waals surface area contributed by atoms with Crippen LogP contribution in [-0.2, 0) is 14.3 Å². The van der Waals surface area contributed by atoms with Gasteiger partial charge < -0.3 is 18.8 Å². The topological polar surface area (TPSA) is 51.9 Å². The Labute approximate surface area is 173 Å². The number of carbonyl (C=O) groups is 1. The van der Waals surface area contributed by atoms with E-state index in [4.69, 9.17) is 13.9 Å². The lowest BCUT2D eigenvalue weighted by Gasteiger charge is -2.38. The number of ketones is 1. The highest BCUT2D eigenvalue weighted by Crippen LogP contribution is 2.41. The van der Waals surface area contributed by atoms with Crippen LogP contribution in [0.1, 0.15) is 11.5 Å². The van der Waals surface area contributed by atoms with Gasteiger partial charge in [-0.25, -0.2) is 0 Å². The van der Waals surface area contributed by atoms with Gasteiger partial charge in [0, 0.05) is 47.0 Å². The van der Waals surface area contributed by atoms with Crippen LogP contribution in [0.25, 0.3) is 21.9 Å². The predicted octanol–water partition coefficient (Wildman–Crippen LogP) is 4.31. The van der Waals surface area contributed by atoms with Crippen molar-refractivity contribution in [1.82, 2.24) is 4.90 Å². The highest BCUT2D eigenvalue weighted by atomic mass is 16.5. The summed E-state index contributed by atoms with van der Waals surface area (Å²) in [6, 6.07) is 14.3. The molecule has 0 radical (unpaired) electrons. The lowest BCUT2D eigenvalue weighted by Crippen LogP contribution is -2.41. The number of allylic oxidation sites excluding steroid dienone is 3. The van der Waals surface area contributed by atoms with Gasteiger partial charge in [-0.3, -0.25) is 4.79 Å². The van der Waals surface area contributed by atoms with E-state index in [0.717, 1.165) is 40.6 Å². The molecule has 5 nitrogen and oxygen atoms in total. The minimum atomic E-state index is -0.371. The van der Waals surface area contributed by atoms with E-state index in [0.29, 0.717) is 24.7 Å². The van der Waals surface area contributed by atoms with Gasteiger partial charge in [0.25, 0.3) is 0 Å². The number of fused-ring (bicyclic) bond motifs is 4. The van der Waals surface area contributed by atoms with Crippen molar-refractivity contribution in [2.45, 2.75) is 12.0 Å². The molecule has 2 atom stereocenters. The van der Waals surface area contributed by atoms with Gasteiger partial charge in [-0.2, -0.15) is 0 Å². The third kappa shape index (κ3) is 2.70. The average Bonchev–Trinajstić information content (AvgIpc) is 3.18. The number of furan rings is 1. The van der Waals surface area contributed by atoms with E-state index in [2.05, 4.69) is 35.2 Å². The number of hydrogen-bond donors (Lipinski definition) is 0. The molecule has 0 bridgehead atoms. The Morgan fingerprint density at radius 2 is 1.80 bits per heavy atom. The van der Waals surface area contributed by atoms with Crippen LogP contribution >= 0.6 is 0 Å². The molecule has 2 aliphatic heterocycles. The molecule has 1 aromatic heterocycles. The van der Waals surface area contributed by atoms with Crippen LogP contribution in [0.2, 0.25) is 0 Å². The Morgan fingerprint density at radius 3 is 2.70 bits per heavy atom. The van der Waals surface area contributed by atoms with Crippen molar-refractivity contribution in [3.8, 4) is 0 Å². The first kappa shape index (κ1) is 17.5. The zero-order valence-corrected chi connectivity index (χ0v) is 16.4. The van der Waals surface area contributed by atoms with Crippen molar-refractivity contribution in [2.24, 2.45) is 0 Å². The van der Waals surface area contributed by atoms with Gasteiger partial charge in [0.1, 0.15) is 17.3 Å². The Bertz CT molecular complexity index is 1240. The summed E-state index contributed by atoms with van der Waals surface area (Å²) in [7, 11) is 0. The molecule has 0 spiro atoms. The van der Waals surface area contributed by atoms with Crippen molar-refractivity contribution in [3.63, 3.8) is 0 Å². The number of benzene rings is 2. The van der Waals surface area contributed by atoms with Gasteiger partial charge in [-0.1, -0.05) is 54.6 Å². The molecule has 1 aliphatic carbocycles. The van der Waals surface area contributed by atoms with Gasteiger partial charge >= 0.3 is 0 Å². The summed E-state index contributed by atoms with van der Waals surface area (Å²) < 4.78 is 18.1. The van der Waals surface area contributed by atoms with Gasteiger partial charge in [0.2, 0.25) is 0 Å². The summed E-state index contributed by atoms with van der Waals surface area (Å²) in [6.45, 7) is 2.74. The largest absolute Gasteiger partial charge is 0.470 e. The van der Waals surface area contributed by atoms with E-state index in [9.17, 15) is 4.79 Å². The standard InChI is InChI=1S/C25H21NO4/c27-21-15-23(26-11-13-28-14-12-26)30-25-19(8-4-9-20(21)25)18-7-3-6-17-16-5-1-2-10-22(16)29-24(17)18/h1-10,15,19,25H,11-14H2. The zero-order valence-electron chi connectivity index (χ0n) is 16.4. The molecule has 2 unspecified atom stereocenters. The summed E-state index contributed by atoms with van der Waals surface area (Å²) in [6.07, 6.45) is 7.17. The lowest BCUT2D eigenvalue weighted by molar-refractivity contribution is -0.115. The summed E-state index contributed by atoms with van der Waals surface area (Å²) in [5.74, 6) is 0.546. The maximum Gasteiger partial charge on any atom is 0.194 e. The monoisotopic (exact) mass is 399 g/mol. The third-order valence-electron chi connectivity index (χ3n) is 6.13. The highest BCUT2D eigenvalue weighted by Gasteiger charge is 2.38. The van der Waals surface area contributed by atoms with Gasteiger partial charge in [-0.15, -0.1) is 0 Å². The summed E-state index contributed by atoms with van der Waals surface area (Å²) in [5, 5.41) is 2.18. The zero-order chi connectivity index (χ0) is 20.1. The SMILES string of the molecule is O=C1C=C(N2CCOCC2)OC2C1=CC=CC2c1cccc2c1oc1ccccc12. The van der Waals surface area contributed by atoms with E-state index in [1.807, 2.05) is 30.4 Å². The second-order valence-electron chi connectivity index (χ2n) is 7.84. The molecular weight excluding hydrogens is 378 g/mol. The molecule has 3 aromatic rings. The first-order valence-corrected chi connectivity index (χ1v) is 10.3. The molecule has 5 heteroatoms. The van der Waals surface area contributed by atoms with Crippen molar-refractivity contribution in [3.05, 3.63) is 83.8 Å². The number of nitrogens with zero attached hydrogens (tertiary/aromatic N) is 1. The van der Waals surface area contributed by atoms with Crippen molar-refractivity contribution in [1.29, 1.82) is 0 Å². The molecular formula is C25H21NO4. The number of para-hydroxylation sites is 2. The van der Waals surface area contributed by atoms with Gasteiger partial charge in [-0.05, 0) is 6.07 Å². The molecule has 0 saturated carbocycles. The Morgan fingerprint density at radius 1 is 0.967 bits per heavy atom. The van der Waals surface area contributed by atoms with E-state index in [-0.39, 0.29) is 17.8 Å². The van der Waals surface area contributed by atoms with Crippen LogP contribution in [0.5, 0.6) is 0 Å². The quantitative estimate of drug-likeness (QED) is 0.643. The second kappa shape index (κ2) is 6.89. The van der Waals surface area contributed by atoms with Crippen LogP contribution < -0.4 is 0 Å². The van der Waals surface area contributed by atoms with Crippen molar-refractivity contribution in [2.75, 3.05) is 26.3 Å². The summed E-state index contributed by atoms with van der Waals surface area (Å²) >= 11 is 0. The molecule has 6 rings (SSSR count). The maximum atomic E-state index is 12.9. The molecule has 2 aromatic carbocycles. The first-order chi connectivity index (χ1) is 14.8. The predicted molar refractivity (Wildman–Crippen MR) is 114 cm³/mol. The smallest absolute Gasteiger partial charge is 0.194 e. The van der Waals surface area contributed by atoms with E-state index < -0.39 is 0 Å². The maximum absolute atomic E-state index is 12.9. The minimum absolute atomic E-state index is 0.0128. The molecule has 3 heterocycles. The molecule has 0 amide bonds. The fraction of sp³-hybridized carbons (Fsp3) is 0.240. The fourth-order valence-electron chi connectivity index (χ4n) is 4.63. The first-order valence-electron chi connectivity index (χ1n) is 10.3. The molecule has 1 fully saturated rings. The van der Waals surface area contributed by atoms with Crippen LogP contribution in [0, 0.1) is 0 Å². The van der Waals surface area contributed by atoms with E-state index in [1.54, 1.807) is 6.08 Å². The average molecular weight is 399 g/mol. The fourth-order valence-corrected chi connectivity index (χ4v) is 4.63. The Kier molecular flexibility index (Phi) is 4.03. The Balaban J connectivity index is 1.43.